The molecule has 14 rings (SSSR count). The minimum absolute atomic E-state index is 0.531. The SMILES string of the molecule is c1ccc2c(c1)-c1ccccc1-n1c3cc4c5ccccc5n(-c5nc6c(nc5-c5ccc7c(c5)sc5ccccc57)oc5ccccc56)c4cc3c3cccc-2c31. The molecule has 0 atom stereocenters. The highest BCUT2D eigenvalue weighted by Crippen LogP contribution is 2.48. The van der Waals surface area contributed by atoms with E-state index in [0.717, 1.165) is 55.4 Å². The van der Waals surface area contributed by atoms with Crippen molar-refractivity contribution in [3.05, 3.63) is 170 Å². The molecule has 5 nitrogen and oxygen atoms in total. The second-order valence-corrected chi connectivity index (χ2v) is 16.4. The topological polar surface area (TPSA) is 48.8 Å². The average Bonchev–Trinajstić information content (AvgIpc) is 4.00. The maximum absolute atomic E-state index is 6.42. The lowest BCUT2D eigenvalue weighted by Gasteiger charge is -2.13. The molecule has 13 aromatic rings. The molecule has 1 aliphatic rings. The van der Waals surface area contributed by atoms with Gasteiger partial charge in [-0.2, -0.15) is 0 Å². The van der Waals surface area contributed by atoms with E-state index in [4.69, 9.17) is 14.4 Å². The number of hydrogen-bond acceptors (Lipinski definition) is 4. The van der Waals surface area contributed by atoms with Gasteiger partial charge < -0.3 is 8.98 Å². The predicted molar refractivity (Wildman–Crippen MR) is 241 cm³/mol. The summed E-state index contributed by atoms with van der Waals surface area (Å²) in [6.45, 7) is 0. The van der Waals surface area contributed by atoms with Crippen molar-refractivity contribution < 1.29 is 4.42 Å². The Hall–Kier alpha value is -7.54. The Morgan fingerprint density at radius 1 is 0.431 bits per heavy atom. The van der Waals surface area contributed by atoms with Gasteiger partial charge in [-0.3, -0.25) is 4.57 Å². The van der Waals surface area contributed by atoms with E-state index in [0.29, 0.717) is 5.71 Å². The summed E-state index contributed by atoms with van der Waals surface area (Å²) >= 11 is 1.81. The van der Waals surface area contributed by atoms with Gasteiger partial charge in [0.1, 0.15) is 16.8 Å². The minimum Gasteiger partial charge on any atom is -0.436 e. The average molecular weight is 757 g/mol. The lowest BCUT2D eigenvalue weighted by atomic mass is 9.94. The molecular formula is C52H28N4OS. The van der Waals surface area contributed by atoms with E-state index in [1.807, 2.05) is 29.5 Å². The van der Waals surface area contributed by atoms with Crippen molar-refractivity contribution in [2.75, 3.05) is 0 Å². The quantitative estimate of drug-likeness (QED) is 0.176. The smallest absolute Gasteiger partial charge is 0.247 e. The Balaban J connectivity index is 1.13. The van der Waals surface area contributed by atoms with E-state index in [2.05, 4.69) is 161 Å². The van der Waals surface area contributed by atoms with Crippen LogP contribution in [-0.4, -0.2) is 19.1 Å². The fraction of sp³-hybridized carbons (Fsp3) is 0. The van der Waals surface area contributed by atoms with Crippen LogP contribution in [0.5, 0.6) is 0 Å². The Kier molecular flexibility index (Phi) is 5.85. The molecule has 5 aromatic heterocycles. The Labute approximate surface area is 334 Å². The zero-order valence-electron chi connectivity index (χ0n) is 30.8. The van der Waals surface area contributed by atoms with E-state index in [1.54, 1.807) is 0 Å². The van der Waals surface area contributed by atoms with Gasteiger partial charge in [0.2, 0.25) is 5.71 Å². The first kappa shape index (κ1) is 30.7. The summed E-state index contributed by atoms with van der Waals surface area (Å²) in [5.41, 5.74) is 14.5. The maximum atomic E-state index is 6.42. The fourth-order valence-corrected chi connectivity index (χ4v) is 11.0. The Morgan fingerprint density at radius 3 is 1.98 bits per heavy atom. The molecule has 6 heteroatoms. The molecule has 0 spiro atoms. The molecule has 6 heterocycles. The van der Waals surface area contributed by atoms with Crippen LogP contribution >= 0.6 is 11.3 Å². The number of rotatable bonds is 2. The van der Waals surface area contributed by atoms with Crippen LogP contribution in [0.2, 0.25) is 0 Å². The van der Waals surface area contributed by atoms with E-state index in [9.17, 15) is 0 Å². The molecule has 8 aromatic carbocycles. The molecule has 58 heavy (non-hydrogen) atoms. The summed E-state index contributed by atoms with van der Waals surface area (Å²) in [6.07, 6.45) is 0. The van der Waals surface area contributed by atoms with Crippen molar-refractivity contribution in [3.63, 3.8) is 0 Å². The van der Waals surface area contributed by atoms with Crippen molar-refractivity contribution in [2.45, 2.75) is 0 Å². The van der Waals surface area contributed by atoms with E-state index >= 15 is 0 Å². The van der Waals surface area contributed by atoms with Gasteiger partial charge in [-0.15, -0.1) is 11.3 Å². The number of fused-ring (bicyclic) bond motifs is 17. The van der Waals surface area contributed by atoms with Crippen LogP contribution in [0.3, 0.4) is 0 Å². The van der Waals surface area contributed by atoms with Gasteiger partial charge in [0, 0.05) is 63.8 Å². The highest BCUT2D eigenvalue weighted by molar-refractivity contribution is 7.25. The summed E-state index contributed by atoms with van der Waals surface area (Å²) in [5, 5.41) is 8.20. The van der Waals surface area contributed by atoms with Gasteiger partial charge in [0.05, 0.1) is 27.8 Å². The number of thiophene rings is 1. The highest BCUT2D eigenvalue weighted by Gasteiger charge is 2.27. The third-order valence-electron chi connectivity index (χ3n) is 12.3. The lowest BCUT2D eigenvalue weighted by Crippen LogP contribution is -2.03. The van der Waals surface area contributed by atoms with Crippen molar-refractivity contribution in [1.29, 1.82) is 0 Å². The first-order valence-corrected chi connectivity index (χ1v) is 20.4. The third-order valence-corrected chi connectivity index (χ3v) is 13.4. The van der Waals surface area contributed by atoms with Crippen LogP contribution in [0, 0.1) is 0 Å². The van der Waals surface area contributed by atoms with Crippen molar-refractivity contribution >= 4 is 97.3 Å². The number of benzene rings is 8. The van der Waals surface area contributed by atoms with Gasteiger partial charge >= 0.3 is 0 Å². The van der Waals surface area contributed by atoms with E-state index < -0.39 is 0 Å². The normalized spacial score (nSPS) is 12.5. The lowest BCUT2D eigenvalue weighted by molar-refractivity contribution is 0.653. The zero-order chi connectivity index (χ0) is 37.6. The van der Waals surface area contributed by atoms with Crippen LogP contribution < -0.4 is 0 Å². The first-order chi connectivity index (χ1) is 28.8. The molecule has 0 radical (unpaired) electrons. The number of hydrogen-bond donors (Lipinski definition) is 0. The summed E-state index contributed by atoms with van der Waals surface area (Å²) in [6, 6.07) is 61.3. The van der Waals surface area contributed by atoms with Gasteiger partial charge in [0.25, 0.3) is 0 Å². The summed E-state index contributed by atoms with van der Waals surface area (Å²) in [7, 11) is 0. The third kappa shape index (κ3) is 3.94. The number of furan rings is 1. The van der Waals surface area contributed by atoms with Crippen LogP contribution in [0.1, 0.15) is 0 Å². The number of para-hydroxylation sites is 4. The molecule has 0 saturated heterocycles. The molecule has 0 bridgehead atoms. The second-order valence-electron chi connectivity index (χ2n) is 15.3. The molecule has 0 amide bonds. The molecule has 0 saturated carbocycles. The molecule has 0 fully saturated rings. The maximum Gasteiger partial charge on any atom is 0.247 e. The molecule has 268 valence electrons. The van der Waals surface area contributed by atoms with Gasteiger partial charge in [-0.05, 0) is 59.7 Å². The van der Waals surface area contributed by atoms with Crippen molar-refractivity contribution in [1.82, 2.24) is 19.1 Å². The van der Waals surface area contributed by atoms with Gasteiger partial charge in [0.15, 0.2) is 5.82 Å². The minimum atomic E-state index is 0.531. The molecule has 0 aliphatic carbocycles. The molecular weight excluding hydrogens is 729 g/mol. The molecule has 1 aliphatic heterocycles. The van der Waals surface area contributed by atoms with Crippen LogP contribution in [0.15, 0.2) is 174 Å². The van der Waals surface area contributed by atoms with Crippen LogP contribution in [0.25, 0.3) is 131 Å². The highest BCUT2D eigenvalue weighted by atomic mass is 32.1. The molecule has 0 unspecified atom stereocenters. The van der Waals surface area contributed by atoms with E-state index in [1.165, 1.54) is 69.9 Å². The van der Waals surface area contributed by atoms with Crippen LogP contribution in [0.4, 0.5) is 0 Å². The summed E-state index contributed by atoms with van der Waals surface area (Å²) in [4.78, 5) is 10.9. The summed E-state index contributed by atoms with van der Waals surface area (Å²) < 4.78 is 13.7. The van der Waals surface area contributed by atoms with Crippen molar-refractivity contribution in [3.8, 4) is 45.0 Å². The monoisotopic (exact) mass is 756 g/mol. The second kappa shape index (κ2) is 11.1. The number of nitrogens with zero attached hydrogens (tertiary/aromatic N) is 4. The van der Waals surface area contributed by atoms with Gasteiger partial charge in [-0.1, -0.05) is 121 Å². The van der Waals surface area contributed by atoms with Crippen molar-refractivity contribution in [2.24, 2.45) is 0 Å². The zero-order valence-corrected chi connectivity index (χ0v) is 31.6. The molecule has 0 N–H and O–H groups in total. The predicted octanol–water partition coefficient (Wildman–Crippen LogP) is 14.3. The summed E-state index contributed by atoms with van der Waals surface area (Å²) in [5.74, 6) is 0.773. The number of aromatic nitrogens is 4. The Bertz CT molecular complexity index is 3940. The largest absolute Gasteiger partial charge is 0.436 e. The fourth-order valence-electron chi connectivity index (χ4n) is 9.81. The van der Waals surface area contributed by atoms with Crippen LogP contribution in [-0.2, 0) is 0 Å². The Morgan fingerprint density at radius 2 is 1.09 bits per heavy atom. The first-order valence-electron chi connectivity index (χ1n) is 19.6. The standard InChI is InChI=1S/C52H28N4OS/c1-2-13-31-30(12-1)32-14-3-7-20-41(32)55-43-27-39-33-15-4-8-21-42(33)56(44(39)28-40(43)37-19-11-18-36(31)50(37)55)51-48(54-52-49(53-51)38-17-5-9-22-45(38)57-52)29-24-25-35-34-16-6-10-23-46(34)58-47(35)26-29/h1-28H. The van der Waals surface area contributed by atoms with Gasteiger partial charge in [-0.25, -0.2) is 9.97 Å². The van der Waals surface area contributed by atoms with E-state index in [-0.39, 0.29) is 0 Å².